The quantitative estimate of drug-likeness (QED) is 0.618. The molecule has 118 valence electrons. The molecular formula is C18H30N2O. The van der Waals surface area contributed by atoms with Gasteiger partial charge in [-0.05, 0) is 38.5 Å². The van der Waals surface area contributed by atoms with Crippen molar-refractivity contribution in [2.75, 3.05) is 11.9 Å². The molecule has 0 saturated heterocycles. The van der Waals surface area contributed by atoms with E-state index in [2.05, 4.69) is 24.5 Å². The number of amides is 1. The van der Waals surface area contributed by atoms with Gasteiger partial charge in [-0.1, -0.05) is 45.1 Å². The van der Waals surface area contributed by atoms with Crippen LogP contribution in [0.3, 0.4) is 0 Å². The molecule has 1 aromatic rings. The highest BCUT2D eigenvalue weighted by molar-refractivity contribution is 5.95. The maximum atomic E-state index is 11.8. The number of carbonyl (C=O) groups is 1. The van der Waals surface area contributed by atoms with Gasteiger partial charge >= 0.3 is 0 Å². The third kappa shape index (κ3) is 7.16. The third-order valence-electron chi connectivity index (χ3n) is 3.62. The lowest BCUT2D eigenvalue weighted by molar-refractivity contribution is 0.0956. The minimum atomic E-state index is -0.00614. The van der Waals surface area contributed by atoms with Crippen LogP contribution in [-0.2, 0) is 0 Å². The molecule has 0 heterocycles. The Hall–Kier alpha value is -1.51. The second-order valence-corrected chi connectivity index (χ2v) is 5.69. The Morgan fingerprint density at radius 1 is 1.14 bits per heavy atom. The average molecular weight is 290 g/mol. The molecule has 0 aliphatic heterocycles. The Morgan fingerprint density at radius 3 is 2.62 bits per heavy atom. The summed E-state index contributed by atoms with van der Waals surface area (Å²) in [4.78, 5) is 11.8. The zero-order chi connectivity index (χ0) is 15.5. The molecule has 1 amide bonds. The van der Waals surface area contributed by atoms with Gasteiger partial charge in [0.15, 0.2) is 0 Å². The van der Waals surface area contributed by atoms with Crippen molar-refractivity contribution in [3.8, 4) is 0 Å². The van der Waals surface area contributed by atoms with Gasteiger partial charge in [0.2, 0.25) is 0 Å². The summed E-state index contributed by atoms with van der Waals surface area (Å²) in [6.07, 6.45) is 7.74. The van der Waals surface area contributed by atoms with Crippen LogP contribution in [0, 0.1) is 0 Å². The van der Waals surface area contributed by atoms with Gasteiger partial charge in [-0.2, -0.15) is 0 Å². The highest BCUT2D eigenvalue weighted by Gasteiger charge is 2.06. The molecule has 1 rings (SSSR count). The lowest BCUT2D eigenvalue weighted by Gasteiger charge is -2.16. The van der Waals surface area contributed by atoms with Crippen molar-refractivity contribution >= 4 is 11.6 Å². The van der Waals surface area contributed by atoms with Crippen LogP contribution in [0.2, 0.25) is 0 Å². The lowest BCUT2D eigenvalue weighted by Crippen LogP contribution is -2.23. The minimum Gasteiger partial charge on any atom is -0.383 e. The molecule has 1 unspecified atom stereocenters. The molecule has 1 atom stereocenters. The van der Waals surface area contributed by atoms with Crippen LogP contribution in [0.1, 0.15) is 69.7 Å². The van der Waals surface area contributed by atoms with Gasteiger partial charge in [-0.3, -0.25) is 4.79 Å². The largest absolute Gasteiger partial charge is 0.383 e. The van der Waals surface area contributed by atoms with Gasteiger partial charge in [0.05, 0.1) is 0 Å². The SMILES string of the molecule is CCCCCCCC(C)Nc1cccc(C(=O)NCC)c1. The molecule has 2 N–H and O–H groups in total. The van der Waals surface area contributed by atoms with Crippen molar-refractivity contribution in [1.82, 2.24) is 5.32 Å². The molecule has 3 heteroatoms. The van der Waals surface area contributed by atoms with Crippen LogP contribution in [0.4, 0.5) is 5.69 Å². The summed E-state index contributed by atoms with van der Waals surface area (Å²) in [5, 5.41) is 6.32. The van der Waals surface area contributed by atoms with Gasteiger partial charge in [0, 0.05) is 23.8 Å². The van der Waals surface area contributed by atoms with Crippen LogP contribution in [0.25, 0.3) is 0 Å². The van der Waals surface area contributed by atoms with E-state index >= 15 is 0 Å². The maximum Gasteiger partial charge on any atom is 0.251 e. The molecule has 0 radical (unpaired) electrons. The molecule has 0 bridgehead atoms. The Balaban J connectivity index is 2.39. The van der Waals surface area contributed by atoms with Crippen LogP contribution in [0.5, 0.6) is 0 Å². The number of anilines is 1. The van der Waals surface area contributed by atoms with E-state index in [0.29, 0.717) is 12.6 Å². The summed E-state index contributed by atoms with van der Waals surface area (Å²) in [5.74, 6) is -0.00614. The second kappa shape index (κ2) is 10.3. The molecular weight excluding hydrogens is 260 g/mol. The number of nitrogens with one attached hydrogen (secondary N) is 2. The highest BCUT2D eigenvalue weighted by atomic mass is 16.1. The number of rotatable bonds is 10. The normalized spacial score (nSPS) is 12.0. The first-order chi connectivity index (χ1) is 10.2. The maximum absolute atomic E-state index is 11.8. The van der Waals surface area contributed by atoms with Crippen molar-refractivity contribution < 1.29 is 4.79 Å². The highest BCUT2D eigenvalue weighted by Crippen LogP contribution is 2.15. The van der Waals surface area contributed by atoms with E-state index in [1.54, 1.807) is 0 Å². The fourth-order valence-electron chi connectivity index (χ4n) is 2.42. The van der Waals surface area contributed by atoms with Crippen LogP contribution in [-0.4, -0.2) is 18.5 Å². The van der Waals surface area contributed by atoms with Crippen molar-refractivity contribution in [2.24, 2.45) is 0 Å². The van der Waals surface area contributed by atoms with Crippen molar-refractivity contribution in [3.63, 3.8) is 0 Å². The van der Waals surface area contributed by atoms with Crippen molar-refractivity contribution in [1.29, 1.82) is 0 Å². The number of carbonyl (C=O) groups excluding carboxylic acids is 1. The van der Waals surface area contributed by atoms with Gasteiger partial charge in [0.1, 0.15) is 0 Å². The molecule has 0 spiro atoms. The first kappa shape index (κ1) is 17.5. The first-order valence-corrected chi connectivity index (χ1v) is 8.32. The topological polar surface area (TPSA) is 41.1 Å². The Bertz CT molecular complexity index is 417. The molecule has 0 aliphatic rings. The summed E-state index contributed by atoms with van der Waals surface area (Å²) in [5.41, 5.74) is 1.75. The van der Waals surface area contributed by atoms with E-state index in [4.69, 9.17) is 0 Å². The van der Waals surface area contributed by atoms with Gasteiger partial charge in [-0.25, -0.2) is 0 Å². The fraction of sp³-hybridized carbons (Fsp3) is 0.611. The van der Waals surface area contributed by atoms with E-state index in [1.807, 2.05) is 31.2 Å². The number of benzene rings is 1. The van der Waals surface area contributed by atoms with Gasteiger partial charge < -0.3 is 10.6 Å². The van der Waals surface area contributed by atoms with E-state index in [-0.39, 0.29) is 5.91 Å². The van der Waals surface area contributed by atoms with Crippen LogP contribution >= 0.6 is 0 Å². The molecule has 3 nitrogen and oxygen atoms in total. The van der Waals surface area contributed by atoms with E-state index in [1.165, 1.54) is 38.5 Å². The number of hydrogen-bond donors (Lipinski definition) is 2. The Kier molecular flexibility index (Phi) is 8.56. The standard InChI is InChI=1S/C18H30N2O/c1-4-6-7-8-9-11-15(3)20-17-13-10-12-16(14-17)18(21)19-5-2/h10,12-15,20H,4-9,11H2,1-3H3,(H,19,21). The lowest BCUT2D eigenvalue weighted by atomic mass is 10.1. The van der Waals surface area contributed by atoms with E-state index in [0.717, 1.165) is 11.3 Å². The molecule has 0 aromatic heterocycles. The summed E-state index contributed by atoms with van der Waals surface area (Å²) in [6, 6.07) is 8.18. The zero-order valence-electron chi connectivity index (χ0n) is 13.7. The average Bonchev–Trinajstić information content (AvgIpc) is 2.47. The smallest absolute Gasteiger partial charge is 0.251 e. The molecule has 0 aliphatic carbocycles. The minimum absolute atomic E-state index is 0.00614. The molecule has 0 saturated carbocycles. The zero-order valence-corrected chi connectivity index (χ0v) is 13.7. The van der Waals surface area contributed by atoms with Gasteiger partial charge in [0.25, 0.3) is 5.91 Å². The molecule has 1 aromatic carbocycles. The predicted octanol–water partition coefficient (Wildman–Crippen LogP) is 4.60. The summed E-state index contributed by atoms with van der Waals surface area (Å²) < 4.78 is 0. The van der Waals surface area contributed by atoms with Crippen molar-refractivity contribution in [3.05, 3.63) is 29.8 Å². The summed E-state index contributed by atoms with van der Waals surface area (Å²) in [6.45, 7) is 7.04. The van der Waals surface area contributed by atoms with E-state index in [9.17, 15) is 4.79 Å². The monoisotopic (exact) mass is 290 g/mol. The first-order valence-electron chi connectivity index (χ1n) is 8.32. The molecule has 0 fully saturated rings. The Labute approximate surface area is 129 Å². The summed E-state index contributed by atoms with van der Waals surface area (Å²) in [7, 11) is 0. The fourth-order valence-corrected chi connectivity index (χ4v) is 2.42. The third-order valence-corrected chi connectivity index (χ3v) is 3.62. The van der Waals surface area contributed by atoms with Crippen LogP contribution in [0.15, 0.2) is 24.3 Å². The number of unbranched alkanes of at least 4 members (excludes halogenated alkanes) is 4. The molecule has 21 heavy (non-hydrogen) atoms. The number of hydrogen-bond acceptors (Lipinski definition) is 2. The van der Waals surface area contributed by atoms with Crippen LogP contribution < -0.4 is 10.6 Å². The van der Waals surface area contributed by atoms with Crippen molar-refractivity contribution in [2.45, 2.75) is 65.3 Å². The Morgan fingerprint density at radius 2 is 1.90 bits per heavy atom. The van der Waals surface area contributed by atoms with Gasteiger partial charge in [-0.15, -0.1) is 0 Å². The predicted molar refractivity (Wildman–Crippen MR) is 90.9 cm³/mol. The summed E-state index contributed by atoms with van der Waals surface area (Å²) >= 11 is 0. The van der Waals surface area contributed by atoms with E-state index < -0.39 is 0 Å². The second-order valence-electron chi connectivity index (χ2n) is 5.69.